The van der Waals surface area contributed by atoms with Crippen LogP contribution >= 0.6 is 0 Å². The third-order valence-corrected chi connectivity index (χ3v) is 2.67. The van der Waals surface area contributed by atoms with Crippen LogP contribution in [0.3, 0.4) is 0 Å². The average Bonchev–Trinajstić information content (AvgIpc) is 2.39. The van der Waals surface area contributed by atoms with E-state index in [1.165, 1.54) is 18.4 Å². The van der Waals surface area contributed by atoms with Crippen molar-refractivity contribution < 1.29 is 9.47 Å². The summed E-state index contributed by atoms with van der Waals surface area (Å²) >= 11 is 0. The van der Waals surface area contributed by atoms with Crippen molar-refractivity contribution in [1.82, 2.24) is 0 Å². The van der Waals surface area contributed by atoms with Crippen LogP contribution in [0.5, 0.6) is 0 Å². The maximum absolute atomic E-state index is 5.65. The van der Waals surface area contributed by atoms with Crippen LogP contribution in [-0.2, 0) is 9.47 Å². The Hall–Kier alpha value is -0.340. The lowest BCUT2D eigenvalue weighted by Crippen LogP contribution is -2.29. The van der Waals surface area contributed by atoms with Gasteiger partial charge in [0.25, 0.3) is 0 Å². The zero-order valence-electron chi connectivity index (χ0n) is 7.47. The average molecular weight is 168 g/mol. The zero-order valence-corrected chi connectivity index (χ0v) is 7.47. The van der Waals surface area contributed by atoms with Crippen molar-refractivity contribution >= 4 is 0 Å². The second-order valence-electron chi connectivity index (χ2n) is 3.74. The highest BCUT2D eigenvalue weighted by atomic mass is 16.7. The van der Waals surface area contributed by atoms with Gasteiger partial charge in [-0.1, -0.05) is 12.2 Å². The molecule has 1 aliphatic heterocycles. The summed E-state index contributed by atoms with van der Waals surface area (Å²) < 4.78 is 11.3. The Morgan fingerprint density at radius 3 is 2.67 bits per heavy atom. The van der Waals surface area contributed by atoms with E-state index in [2.05, 4.69) is 6.58 Å². The third kappa shape index (κ3) is 1.54. The fraction of sp³-hybridized carbons (Fsp3) is 0.800. The van der Waals surface area contributed by atoms with Crippen LogP contribution in [0.1, 0.15) is 32.1 Å². The summed E-state index contributed by atoms with van der Waals surface area (Å²) in [7, 11) is 0. The van der Waals surface area contributed by atoms with E-state index in [0.717, 1.165) is 32.5 Å². The van der Waals surface area contributed by atoms with Crippen molar-refractivity contribution in [2.24, 2.45) is 0 Å². The SMILES string of the molecule is C=C1CCCCC2(C1)OCCO2. The highest BCUT2D eigenvalue weighted by molar-refractivity contribution is 5.01. The van der Waals surface area contributed by atoms with Crippen LogP contribution in [0.2, 0.25) is 0 Å². The van der Waals surface area contributed by atoms with E-state index in [1.54, 1.807) is 0 Å². The minimum absolute atomic E-state index is 0.270. The third-order valence-electron chi connectivity index (χ3n) is 2.67. The second kappa shape index (κ2) is 3.19. The molecule has 2 heteroatoms. The summed E-state index contributed by atoms with van der Waals surface area (Å²) in [6, 6.07) is 0. The lowest BCUT2D eigenvalue weighted by molar-refractivity contribution is -0.159. The molecule has 0 unspecified atom stereocenters. The predicted octanol–water partition coefficient (Wildman–Crippen LogP) is 2.25. The van der Waals surface area contributed by atoms with E-state index >= 15 is 0 Å². The van der Waals surface area contributed by atoms with Gasteiger partial charge in [-0.3, -0.25) is 0 Å². The van der Waals surface area contributed by atoms with Gasteiger partial charge in [0, 0.05) is 12.8 Å². The van der Waals surface area contributed by atoms with E-state index in [1.807, 2.05) is 0 Å². The van der Waals surface area contributed by atoms with Crippen LogP contribution in [-0.4, -0.2) is 19.0 Å². The van der Waals surface area contributed by atoms with Crippen molar-refractivity contribution in [2.75, 3.05) is 13.2 Å². The monoisotopic (exact) mass is 168 g/mol. The fourth-order valence-electron chi connectivity index (χ4n) is 2.07. The number of rotatable bonds is 0. The Bertz CT molecular complexity index is 180. The number of hydrogen-bond donors (Lipinski definition) is 0. The van der Waals surface area contributed by atoms with Gasteiger partial charge >= 0.3 is 0 Å². The summed E-state index contributed by atoms with van der Waals surface area (Å²) in [4.78, 5) is 0. The topological polar surface area (TPSA) is 18.5 Å². The van der Waals surface area contributed by atoms with Crippen LogP contribution < -0.4 is 0 Å². The molecule has 1 spiro atoms. The molecule has 2 rings (SSSR count). The van der Waals surface area contributed by atoms with Gasteiger partial charge in [-0.05, 0) is 19.3 Å². The maximum Gasteiger partial charge on any atom is 0.172 e. The number of ether oxygens (including phenoxy) is 2. The van der Waals surface area contributed by atoms with Crippen LogP contribution in [0.15, 0.2) is 12.2 Å². The first-order valence-corrected chi connectivity index (χ1v) is 4.75. The van der Waals surface area contributed by atoms with Gasteiger partial charge in [-0.15, -0.1) is 0 Å². The maximum atomic E-state index is 5.65. The van der Waals surface area contributed by atoms with Gasteiger partial charge in [-0.2, -0.15) is 0 Å². The molecular formula is C10H16O2. The normalized spacial score (nSPS) is 29.2. The van der Waals surface area contributed by atoms with Crippen LogP contribution in [0.4, 0.5) is 0 Å². The quantitative estimate of drug-likeness (QED) is 0.516. The predicted molar refractivity (Wildman–Crippen MR) is 46.9 cm³/mol. The van der Waals surface area contributed by atoms with Gasteiger partial charge < -0.3 is 9.47 Å². The summed E-state index contributed by atoms with van der Waals surface area (Å²) in [5.41, 5.74) is 1.29. The minimum Gasteiger partial charge on any atom is -0.347 e. The Morgan fingerprint density at radius 2 is 1.92 bits per heavy atom. The molecule has 0 aromatic carbocycles. The molecule has 1 saturated heterocycles. The first-order chi connectivity index (χ1) is 5.81. The molecule has 1 aliphatic carbocycles. The molecule has 2 nitrogen and oxygen atoms in total. The molecule has 1 saturated carbocycles. The molecule has 0 aromatic heterocycles. The summed E-state index contributed by atoms with van der Waals surface area (Å²) in [6.07, 6.45) is 5.56. The molecular weight excluding hydrogens is 152 g/mol. The van der Waals surface area contributed by atoms with E-state index < -0.39 is 0 Å². The van der Waals surface area contributed by atoms with Gasteiger partial charge in [0.1, 0.15) is 0 Å². The van der Waals surface area contributed by atoms with Crippen LogP contribution in [0, 0.1) is 0 Å². The first-order valence-electron chi connectivity index (χ1n) is 4.75. The van der Waals surface area contributed by atoms with Gasteiger partial charge in [0.05, 0.1) is 13.2 Å². The van der Waals surface area contributed by atoms with Crippen LogP contribution in [0.25, 0.3) is 0 Å². The van der Waals surface area contributed by atoms with E-state index in [-0.39, 0.29) is 5.79 Å². The lowest BCUT2D eigenvalue weighted by Gasteiger charge is -2.25. The molecule has 0 N–H and O–H groups in total. The highest BCUT2D eigenvalue weighted by Gasteiger charge is 2.37. The van der Waals surface area contributed by atoms with Gasteiger partial charge in [-0.25, -0.2) is 0 Å². The van der Waals surface area contributed by atoms with E-state index in [0.29, 0.717) is 0 Å². The molecule has 12 heavy (non-hydrogen) atoms. The highest BCUT2D eigenvalue weighted by Crippen LogP contribution is 2.36. The van der Waals surface area contributed by atoms with Gasteiger partial charge in [0.15, 0.2) is 5.79 Å². The van der Waals surface area contributed by atoms with E-state index in [4.69, 9.17) is 9.47 Å². The molecule has 0 atom stereocenters. The smallest absolute Gasteiger partial charge is 0.172 e. The van der Waals surface area contributed by atoms with Gasteiger partial charge in [0.2, 0.25) is 0 Å². The summed E-state index contributed by atoms with van der Waals surface area (Å²) in [5, 5.41) is 0. The molecule has 2 fully saturated rings. The standard InChI is InChI=1S/C10H16O2/c1-9-4-2-3-5-10(8-9)11-6-7-12-10/h1-8H2. The largest absolute Gasteiger partial charge is 0.347 e. The molecule has 0 aromatic rings. The molecule has 0 bridgehead atoms. The Balaban J connectivity index is 2.07. The van der Waals surface area contributed by atoms with Crippen molar-refractivity contribution in [2.45, 2.75) is 37.9 Å². The van der Waals surface area contributed by atoms with E-state index in [9.17, 15) is 0 Å². The van der Waals surface area contributed by atoms with Crippen molar-refractivity contribution in [3.05, 3.63) is 12.2 Å². The fourth-order valence-corrected chi connectivity index (χ4v) is 2.07. The molecule has 0 radical (unpaired) electrons. The Morgan fingerprint density at radius 1 is 1.17 bits per heavy atom. The zero-order chi connectivity index (χ0) is 8.44. The minimum atomic E-state index is -0.270. The van der Waals surface area contributed by atoms with Crippen molar-refractivity contribution in [1.29, 1.82) is 0 Å². The number of hydrogen-bond acceptors (Lipinski definition) is 2. The van der Waals surface area contributed by atoms with Crippen molar-refractivity contribution in [3.8, 4) is 0 Å². The molecule has 68 valence electrons. The summed E-state index contributed by atoms with van der Waals surface area (Å²) in [5.74, 6) is -0.270. The molecule has 1 heterocycles. The summed E-state index contributed by atoms with van der Waals surface area (Å²) in [6.45, 7) is 5.55. The Labute approximate surface area is 73.5 Å². The second-order valence-corrected chi connectivity index (χ2v) is 3.74. The molecule has 0 amide bonds. The van der Waals surface area contributed by atoms with Crippen molar-refractivity contribution in [3.63, 3.8) is 0 Å². The lowest BCUT2D eigenvalue weighted by atomic mass is 10.1. The Kier molecular flexibility index (Phi) is 2.20. The first kappa shape index (κ1) is 8.27. The molecule has 2 aliphatic rings.